The van der Waals surface area contributed by atoms with E-state index in [1.807, 2.05) is 0 Å². The minimum absolute atomic E-state index is 0.0693. The van der Waals surface area contributed by atoms with Crippen LogP contribution in [0.1, 0.15) is 56.4 Å². The minimum atomic E-state index is -1.09. The van der Waals surface area contributed by atoms with E-state index in [0.717, 1.165) is 32.1 Å². The number of hydrogen-bond donors (Lipinski definition) is 0. The minimum Gasteiger partial charge on any atom is -0.298 e. The molecule has 1 aromatic rings. The van der Waals surface area contributed by atoms with E-state index < -0.39 is 10.8 Å². The lowest BCUT2D eigenvalue weighted by Gasteiger charge is -2.41. The van der Waals surface area contributed by atoms with Crippen LogP contribution < -0.4 is 0 Å². The molecule has 1 spiro atoms. The Bertz CT molecular complexity index is 659. The lowest BCUT2D eigenvalue weighted by Crippen LogP contribution is -2.40. The average Bonchev–Trinajstić information content (AvgIpc) is 2.48. The van der Waals surface area contributed by atoms with Gasteiger partial charge in [0, 0.05) is 18.9 Å². The molecule has 0 bridgehead atoms. The van der Waals surface area contributed by atoms with Crippen LogP contribution in [0, 0.1) is 15.5 Å². The summed E-state index contributed by atoms with van der Waals surface area (Å²) in [5, 5.41) is 11.4. The molecular formula is C17H18ClNO4. The maximum Gasteiger partial charge on any atom is 0.275 e. The molecule has 0 aromatic heterocycles. The van der Waals surface area contributed by atoms with Gasteiger partial charge in [-0.1, -0.05) is 36.9 Å². The van der Waals surface area contributed by atoms with Crippen molar-refractivity contribution in [2.45, 2.75) is 50.9 Å². The fraction of sp³-hybridized carbons (Fsp3) is 0.529. The van der Waals surface area contributed by atoms with Crippen molar-refractivity contribution in [2.75, 3.05) is 0 Å². The van der Waals surface area contributed by atoms with Gasteiger partial charge in [-0.2, -0.15) is 0 Å². The third kappa shape index (κ3) is 2.90. The molecule has 5 nitrogen and oxygen atoms in total. The number of nitrogens with zero attached hydrogens (tertiary/aromatic N) is 1. The molecule has 6 heteroatoms. The first kappa shape index (κ1) is 16.1. The van der Waals surface area contributed by atoms with E-state index in [-0.39, 0.29) is 33.3 Å². The third-order valence-corrected chi connectivity index (χ3v) is 5.50. The van der Waals surface area contributed by atoms with E-state index in [9.17, 15) is 19.7 Å². The SMILES string of the molecule is O=C1CC2(CCCCC2)CC(=O)C1c1c(Cl)cccc1[N+](=O)[O-]. The summed E-state index contributed by atoms with van der Waals surface area (Å²) in [6, 6.07) is 4.26. The molecule has 122 valence electrons. The van der Waals surface area contributed by atoms with Crippen LogP contribution in [0.15, 0.2) is 18.2 Å². The van der Waals surface area contributed by atoms with Gasteiger partial charge in [0.05, 0.1) is 15.5 Å². The normalized spacial score (nSPS) is 21.6. The van der Waals surface area contributed by atoms with Crippen molar-refractivity contribution >= 4 is 28.9 Å². The topological polar surface area (TPSA) is 77.3 Å². The summed E-state index contributed by atoms with van der Waals surface area (Å²) >= 11 is 6.11. The molecule has 0 amide bonds. The highest BCUT2D eigenvalue weighted by molar-refractivity contribution is 6.32. The van der Waals surface area contributed by atoms with Gasteiger partial charge in [-0.05, 0) is 24.3 Å². The van der Waals surface area contributed by atoms with Crippen molar-refractivity contribution in [1.82, 2.24) is 0 Å². The lowest BCUT2D eigenvalue weighted by molar-refractivity contribution is -0.385. The number of Topliss-reactive ketones (excluding diaryl/α,β-unsaturated/α-hetero) is 2. The molecule has 2 saturated carbocycles. The molecule has 0 unspecified atom stereocenters. The van der Waals surface area contributed by atoms with Crippen molar-refractivity contribution in [1.29, 1.82) is 0 Å². The molecule has 0 saturated heterocycles. The summed E-state index contributed by atoms with van der Waals surface area (Å²) in [7, 11) is 0. The summed E-state index contributed by atoms with van der Waals surface area (Å²) in [4.78, 5) is 36.1. The zero-order chi connectivity index (χ0) is 16.6. The van der Waals surface area contributed by atoms with Gasteiger partial charge in [0.25, 0.3) is 5.69 Å². The van der Waals surface area contributed by atoms with E-state index in [1.54, 1.807) is 0 Å². The second-order valence-electron chi connectivity index (χ2n) is 6.71. The third-order valence-electron chi connectivity index (χ3n) is 5.17. The van der Waals surface area contributed by atoms with Crippen LogP contribution in [0.25, 0.3) is 0 Å². The second-order valence-corrected chi connectivity index (χ2v) is 7.12. The molecule has 23 heavy (non-hydrogen) atoms. The maximum absolute atomic E-state index is 12.7. The molecular weight excluding hydrogens is 318 g/mol. The van der Waals surface area contributed by atoms with Crippen molar-refractivity contribution in [3.05, 3.63) is 38.9 Å². The number of nitro benzene ring substituents is 1. The molecule has 2 fully saturated rings. The summed E-state index contributed by atoms with van der Waals surface area (Å²) in [5.74, 6) is -1.53. The van der Waals surface area contributed by atoms with Gasteiger partial charge in [-0.15, -0.1) is 0 Å². The van der Waals surface area contributed by atoms with E-state index in [2.05, 4.69) is 0 Å². The Morgan fingerprint density at radius 2 is 1.70 bits per heavy atom. The van der Waals surface area contributed by atoms with Crippen LogP contribution in [0.3, 0.4) is 0 Å². The van der Waals surface area contributed by atoms with Crippen molar-refractivity contribution in [3.8, 4) is 0 Å². The van der Waals surface area contributed by atoms with E-state index in [1.165, 1.54) is 18.2 Å². The van der Waals surface area contributed by atoms with Crippen molar-refractivity contribution in [2.24, 2.45) is 5.41 Å². The Morgan fingerprint density at radius 1 is 1.09 bits per heavy atom. The molecule has 0 N–H and O–H groups in total. The zero-order valence-corrected chi connectivity index (χ0v) is 13.5. The quantitative estimate of drug-likeness (QED) is 0.460. The number of benzene rings is 1. The highest BCUT2D eigenvalue weighted by atomic mass is 35.5. The van der Waals surface area contributed by atoms with Gasteiger partial charge in [0.1, 0.15) is 17.5 Å². The van der Waals surface area contributed by atoms with Gasteiger partial charge >= 0.3 is 0 Å². The van der Waals surface area contributed by atoms with E-state index >= 15 is 0 Å². The predicted octanol–water partition coefficient (Wildman–Crippen LogP) is 4.21. The van der Waals surface area contributed by atoms with Gasteiger partial charge in [-0.3, -0.25) is 19.7 Å². The number of carbonyl (C=O) groups is 2. The lowest BCUT2D eigenvalue weighted by atomic mass is 9.61. The van der Waals surface area contributed by atoms with Gasteiger partial charge < -0.3 is 0 Å². The molecule has 2 aliphatic rings. The number of nitro groups is 1. The Balaban J connectivity index is 1.98. The van der Waals surface area contributed by atoms with Gasteiger partial charge in [0.2, 0.25) is 0 Å². The number of rotatable bonds is 2. The first-order valence-corrected chi connectivity index (χ1v) is 8.30. The highest BCUT2D eigenvalue weighted by Crippen LogP contribution is 2.49. The molecule has 2 aliphatic carbocycles. The molecule has 3 rings (SSSR count). The number of halogens is 1. The second kappa shape index (κ2) is 6.04. The van der Waals surface area contributed by atoms with Crippen molar-refractivity contribution < 1.29 is 14.5 Å². The average molecular weight is 336 g/mol. The van der Waals surface area contributed by atoms with Gasteiger partial charge in [0.15, 0.2) is 0 Å². The van der Waals surface area contributed by atoms with Crippen LogP contribution in [0.4, 0.5) is 5.69 Å². The Hall–Kier alpha value is -1.75. The number of carbonyl (C=O) groups excluding carboxylic acids is 2. The number of hydrogen-bond acceptors (Lipinski definition) is 4. The fourth-order valence-electron chi connectivity index (χ4n) is 4.13. The fourth-order valence-corrected chi connectivity index (χ4v) is 4.41. The molecule has 0 radical (unpaired) electrons. The van der Waals surface area contributed by atoms with Crippen LogP contribution in [-0.2, 0) is 9.59 Å². The Kier molecular flexibility index (Phi) is 4.23. The molecule has 1 aromatic carbocycles. The van der Waals surface area contributed by atoms with Gasteiger partial charge in [-0.25, -0.2) is 0 Å². The Labute approximate surface area is 139 Å². The maximum atomic E-state index is 12.7. The summed E-state index contributed by atoms with van der Waals surface area (Å²) < 4.78 is 0. The molecule has 0 aliphatic heterocycles. The van der Waals surface area contributed by atoms with Crippen LogP contribution in [-0.4, -0.2) is 16.5 Å². The largest absolute Gasteiger partial charge is 0.298 e. The van der Waals surface area contributed by atoms with Crippen LogP contribution >= 0.6 is 11.6 Å². The predicted molar refractivity (Wildman–Crippen MR) is 85.6 cm³/mol. The summed E-state index contributed by atoms with van der Waals surface area (Å²) in [6.45, 7) is 0. The standard InChI is InChI=1S/C17H18ClNO4/c18-11-5-4-6-12(19(22)23)15(11)16-13(20)9-17(10-14(16)21)7-2-1-3-8-17/h4-6,16H,1-3,7-10H2. The first-order chi connectivity index (χ1) is 10.9. The monoisotopic (exact) mass is 335 g/mol. The van der Waals surface area contributed by atoms with Crippen LogP contribution in [0.5, 0.6) is 0 Å². The Morgan fingerprint density at radius 3 is 2.26 bits per heavy atom. The highest BCUT2D eigenvalue weighted by Gasteiger charge is 2.47. The van der Waals surface area contributed by atoms with E-state index in [4.69, 9.17) is 11.6 Å². The summed E-state index contributed by atoms with van der Waals surface area (Å²) in [5.41, 5.74) is -0.400. The zero-order valence-electron chi connectivity index (χ0n) is 12.7. The first-order valence-electron chi connectivity index (χ1n) is 7.92. The van der Waals surface area contributed by atoms with E-state index in [0.29, 0.717) is 12.8 Å². The smallest absolute Gasteiger partial charge is 0.275 e. The summed E-state index contributed by atoms with van der Waals surface area (Å²) in [6.07, 6.45) is 5.65. The molecule has 0 heterocycles. The molecule has 0 atom stereocenters. The van der Waals surface area contributed by atoms with Crippen LogP contribution in [0.2, 0.25) is 5.02 Å². The van der Waals surface area contributed by atoms with Crippen molar-refractivity contribution in [3.63, 3.8) is 0 Å². The number of ketones is 2.